The molecule has 2 amide bonds. The maximum Gasteiger partial charge on any atom is 0.407 e. The van der Waals surface area contributed by atoms with Gasteiger partial charge in [-0.1, -0.05) is 60.8 Å². The number of nitrogens with one attached hydrogen (secondary N) is 2. The summed E-state index contributed by atoms with van der Waals surface area (Å²) in [7, 11) is 0. The third-order valence-corrected chi connectivity index (χ3v) is 8.41. The zero-order valence-electron chi connectivity index (χ0n) is 24.4. The predicted molar refractivity (Wildman–Crippen MR) is 163 cm³/mol. The van der Waals surface area contributed by atoms with Crippen LogP contribution in [0.1, 0.15) is 61.1 Å². The van der Waals surface area contributed by atoms with Crippen LogP contribution < -0.4 is 15.4 Å². The van der Waals surface area contributed by atoms with Crippen molar-refractivity contribution in [2.45, 2.75) is 64.1 Å². The minimum Gasteiger partial charge on any atom is -0.492 e. The molecule has 5 rings (SSSR count). The average molecular weight is 594 g/mol. The highest BCUT2D eigenvalue weighted by Gasteiger charge is 2.35. The van der Waals surface area contributed by atoms with Crippen molar-refractivity contribution in [1.82, 2.24) is 25.1 Å². The largest absolute Gasteiger partial charge is 0.492 e. The number of ether oxygens (including phenoxy) is 2. The van der Waals surface area contributed by atoms with Crippen LogP contribution in [-0.4, -0.2) is 71.4 Å². The lowest BCUT2D eigenvalue weighted by Gasteiger charge is -2.36. The number of amides is 2. The molecular weight excluding hydrogens is 554 g/mol. The van der Waals surface area contributed by atoms with Gasteiger partial charge in [0, 0.05) is 37.7 Å². The summed E-state index contributed by atoms with van der Waals surface area (Å²) in [6, 6.07) is 15.4. The summed E-state index contributed by atoms with van der Waals surface area (Å²) in [6.07, 6.45) is 5.77. The number of benzene rings is 2. The molecule has 0 spiro atoms. The first-order valence-electron chi connectivity index (χ1n) is 14.9. The first-order chi connectivity index (χ1) is 20.5. The molecule has 1 aliphatic carbocycles. The van der Waals surface area contributed by atoms with E-state index in [0.717, 1.165) is 42.5 Å². The molecule has 0 bridgehead atoms. The minimum atomic E-state index is -0.412. The number of hydrogen-bond acceptors (Lipinski definition) is 6. The topological polar surface area (TPSA) is 97.7 Å². The van der Waals surface area contributed by atoms with Gasteiger partial charge in [0.1, 0.15) is 5.75 Å². The number of aromatic nitrogens is 2. The van der Waals surface area contributed by atoms with Crippen molar-refractivity contribution >= 4 is 23.6 Å². The van der Waals surface area contributed by atoms with Crippen molar-refractivity contribution in [3.05, 3.63) is 71.1 Å². The number of imidazole rings is 1. The van der Waals surface area contributed by atoms with Crippen LogP contribution in [0.3, 0.4) is 0 Å². The molecule has 9 nitrogen and oxygen atoms in total. The Morgan fingerprint density at radius 3 is 2.74 bits per heavy atom. The smallest absolute Gasteiger partial charge is 0.407 e. The van der Waals surface area contributed by atoms with Crippen LogP contribution in [0, 0.1) is 6.92 Å². The van der Waals surface area contributed by atoms with Crippen molar-refractivity contribution in [2.75, 3.05) is 32.8 Å². The van der Waals surface area contributed by atoms with Gasteiger partial charge in [0.15, 0.2) is 5.69 Å². The van der Waals surface area contributed by atoms with E-state index < -0.39 is 6.09 Å². The van der Waals surface area contributed by atoms with Crippen LogP contribution in [0.5, 0.6) is 5.75 Å². The molecule has 42 heavy (non-hydrogen) atoms. The number of nitrogens with zero attached hydrogens (tertiary/aromatic N) is 3. The molecule has 0 unspecified atom stereocenters. The SMILES string of the molecule is CCOC(=O)N[C@H]1CCCC[C@@H]1n1cnc(C(=O)N2CCNC[C@H]2CCOc2ccc(C)cc2Cl)c1-c1ccccc1. The minimum absolute atomic E-state index is 0.0427. The summed E-state index contributed by atoms with van der Waals surface area (Å²) in [4.78, 5) is 33.3. The van der Waals surface area contributed by atoms with Crippen LogP contribution in [0.15, 0.2) is 54.9 Å². The number of hydrogen-bond donors (Lipinski definition) is 2. The standard InChI is InChI=1S/C32H40ClN5O4/c1-3-41-32(40)36-26-11-7-8-12-27(26)38-21-35-29(30(38)23-9-5-4-6-10-23)31(39)37-17-16-34-20-24(37)15-18-42-28-14-13-22(2)19-25(28)33/h4-6,9-10,13-14,19,21,24,26-27,34H,3,7-8,11-12,15-18,20H2,1-2H3,(H,36,40)/t24-,26+,27+/m1/s1. The second kappa shape index (κ2) is 14.1. The van der Waals surface area contributed by atoms with E-state index in [9.17, 15) is 9.59 Å². The molecule has 2 aliphatic rings. The van der Waals surface area contributed by atoms with Crippen LogP contribution in [0.4, 0.5) is 4.79 Å². The number of halogens is 1. The van der Waals surface area contributed by atoms with Crippen molar-refractivity contribution < 1.29 is 19.1 Å². The first kappa shape index (κ1) is 29.9. The normalized spacial score (nSPS) is 20.6. The van der Waals surface area contributed by atoms with E-state index >= 15 is 0 Å². The van der Waals surface area contributed by atoms with E-state index in [1.54, 1.807) is 13.3 Å². The number of carbonyl (C=O) groups is 2. The third kappa shape index (κ3) is 6.90. The van der Waals surface area contributed by atoms with Crippen molar-refractivity contribution in [3.63, 3.8) is 0 Å². The fourth-order valence-electron chi connectivity index (χ4n) is 6.04. The van der Waals surface area contributed by atoms with Crippen molar-refractivity contribution in [3.8, 4) is 17.0 Å². The van der Waals surface area contributed by atoms with Gasteiger partial charge < -0.3 is 29.6 Å². The molecule has 1 aromatic heterocycles. The number of piperazine rings is 1. The van der Waals surface area contributed by atoms with Gasteiger partial charge >= 0.3 is 6.09 Å². The van der Waals surface area contributed by atoms with Crippen molar-refractivity contribution in [1.29, 1.82) is 0 Å². The molecular formula is C32H40ClN5O4. The molecule has 2 N–H and O–H groups in total. The summed E-state index contributed by atoms with van der Waals surface area (Å²) < 4.78 is 13.3. The molecule has 1 aliphatic heterocycles. The van der Waals surface area contributed by atoms with Gasteiger partial charge in [0.25, 0.3) is 5.91 Å². The Balaban J connectivity index is 1.40. The number of alkyl carbamates (subject to hydrolysis) is 1. The highest BCUT2D eigenvalue weighted by Crippen LogP contribution is 2.35. The van der Waals surface area contributed by atoms with Gasteiger partial charge in [-0.2, -0.15) is 0 Å². The maximum absolute atomic E-state index is 14.2. The van der Waals surface area contributed by atoms with Gasteiger partial charge in [-0.05, 0) is 44.4 Å². The van der Waals surface area contributed by atoms with Gasteiger partial charge in [-0.3, -0.25) is 4.79 Å². The highest BCUT2D eigenvalue weighted by atomic mass is 35.5. The van der Waals surface area contributed by atoms with Gasteiger partial charge in [0.05, 0.1) is 42.3 Å². The van der Waals surface area contributed by atoms with Crippen molar-refractivity contribution in [2.24, 2.45) is 0 Å². The summed E-state index contributed by atoms with van der Waals surface area (Å²) >= 11 is 6.36. The molecule has 3 aromatic rings. The summed E-state index contributed by atoms with van der Waals surface area (Å²) in [5.41, 5.74) is 3.20. The van der Waals surface area contributed by atoms with Gasteiger partial charge in [-0.15, -0.1) is 0 Å². The van der Waals surface area contributed by atoms with Crippen LogP contribution in [-0.2, 0) is 4.74 Å². The first-order valence-corrected chi connectivity index (χ1v) is 15.3. The fraction of sp³-hybridized carbons (Fsp3) is 0.469. The van der Waals surface area contributed by atoms with E-state index in [0.29, 0.717) is 55.7 Å². The average Bonchev–Trinajstić information content (AvgIpc) is 3.44. The number of rotatable bonds is 9. The molecule has 10 heteroatoms. The second-order valence-electron chi connectivity index (χ2n) is 11.0. The van der Waals surface area contributed by atoms with Crippen LogP contribution in [0.25, 0.3) is 11.3 Å². The van der Waals surface area contributed by atoms with Crippen LogP contribution in [0.2, 0.25) is 5.02 Å². The molecule has 2 fully saturated rings. The summed E-state index contributed by atoms with van der Waals surface area (Å²) in [5, 5.41) is 7.07. The molecule has 2 aromatic carbocycles. The Morgan fingerprint density at radius 2 is 1.95 bits per heavy atom. The Hall–Kier alpha value is -3.56. The molecule has 0 radical (unpaired) electrons. The van der Waals surface area contributed by atoms with E-state index in [1.165, 1.54) is 0 Å². The van der Waals surface area contributed by atoms with Crippen LogP contribution >= 0.6 is 11.6 Å². The lowest BCUT2D eigenvalue weighted by atomic mass is 9.89. The molecule has 1 saturated carbocycles. The predicted octanol–water partition coefficient (Wildman–Crippen LogP) is 5.62. The Bertz CT molecular complexity index is 1360. The van der Waals surface area contributed by atoms with E-state index in [1.807, 2.05) is 60.4 Å². The monoisotopic (exact) mass is 593 g/mol. The zero-order valence-corrected chi connectivity index (χ0v) is 25.1. The Labute approximate surface area is 252 Å². The lowest BCUT2D eigenvalue weighted by molar-refractivity contribution is 0.0601. The van der Waals surface area contributed by atoms with E-state index in [4.69, 9.17) is 26.1 Å². The van der Waals surface area contributed by atoms with Gasteiger partial charge in [-0.25, -0.2) is 9.78 Å². The third-order valence-electron chi connectivity index (χ3n) is 8.12. The molecule has 224 valence electrons. The van der Waals surface area contributed by atoms with E-state index in [-0.39, 0.29) is 24.0 Å². The van der Waals surface area contributed by atoms with Gasteiger partial charge in [0.2, 0.25) is 0 Å². The Kier molecular flexibility index (Phi) is 10.0. The molecule has 3 atom stereocenters. The second-order valence-corrected chi connectivity index (χ2v) is 11.4. The summed E-state index contributed by atoms with van der Waals surface area (Å²) in [6.45, 7) is 6.50. The molecule has 2 heterocycles. The molecule has 1 saturated heterocycles. The number of carbonyl (C=O) groups excluding carboxylic acids is 2. The summed E-state index contributed by atoms with van der Waals surface area (Å²) in [5.74, 6) is 0.547. The Morgan fingerprint density at radius 1 is 1.14 bits per heavy atom. The van der Waals surface area contributed by atoms with E-state index in [2.05, 4.69) is 15.2 Å². The maximum atomic E-state index is 14.2. The fourth-order valence-corrected chi connectivity index (χ4v) is 6.33. The highest BCUT2D eigenvalue weighted by molar-refractivity contribution is 6.32. The lowest BCUT2D eigenvalue weighted by Crippen LogP contribution is -2.54. The number of aryl methyl sites for hydroxylation is 1. The zero-order chi connectivity index (χ0) is 29.5. The quantitative estimate of drug-likeness (QED) is 0.334.